The second-order valence-corrected chi connectivity index (χ2v) is 8.82. The maximum Gasteiger partial charge on any atom is 0.408 e. The first-order chi connectivity index (χ1) is 14.9. The van der Waals surface area contributed by atoms with Crippen LogP contribution in [0.4, 0.5) is 18.9 Å². The number of piperazine rings is 1. The quantitative estimate of drug-likeness (QED) is 0.625. The summed E-state index contributed by atoms with van der Waals surface area (Å²) in [6, 6.07) is -0.184. The van der Waals surface area contributed by atoms with Crippen LogP contribution in [-0.4, -0.2) is 58.9 Å². The van der Waals surface area contributed by atoms with Gasteiger partial charge in [-0.15, -0.1) is 11.3 Å². The van der Waals surface area contributed by atoms with Crippen LogP contribution in [0.15, 0.2) is 30.0 Å². The first-order valence-corrected chi connectivity index (χ1v) is 11.0. The largest absolute Gasteiger partial charge is 0.408 e. The Morgan fingerprint density at radius 3 is 2.74 bits per heavy atom. The van der Waals surface area contributed by atoms with Gasteiger partial charge in [0.1, 0.15) is 6.04 Å². The predicted octanol–water partition coefficient (Wildman–Crippen LogP) is 2.94. The van der Waals surface area contributed by atoms with Gasteiger partial charge in [0.2, 0.25) is 0 Å². The number of thiophene rings is 1. The normalized spacial score (nSPS) is 18.4. The lowest BCUT2D eigenvalue weighted by molar-refractivity contribution is -0.158. The number of hydrogen-bond acceptors (Lipinski definition) is 6. The van der Waals surface area contributed by atoms with Crippen LogP contribution in [0.3, 0.4) is 0 Å². The van der Waals surface area contributed by atoms with E-state index in [-0.39, 0.29) is 4.88 Å². The van der Waals surface area contributed by atoms with E-state index in [4.69, 9.17) is 0 Å². The van der Waals surface area contributed by atoms with Gasteiger partial charge >= 0.3 is 6.18 Å². The van der Waals surface area contributed by atoms with Gasteiger partial charge in [0, 0.05) is 31.7 Å². The van der Waals surface area contributed by atoms with Gasteiger partial charge in [-0.05, 0) is 35.8 Å². The number of nitrogens with zero attached hydrogens (tertiary/aromatic N) is 4. The molecule has 3 aromatic heterocycles. The third kappa shape index (κ3) is 4.11. The molecule has 0 unspecified atom stereocenters. The molecule has 1 saturated heterocycles. The Hall–Kier alpha value is -2.66. The molecule has 11 heteroatoms. The van der Waals surface area contributed by atoms with Crippen molar-refractivity contribution in [3.8, 4) is 11.1 Å². The molecule has 3 aromatic rings. The van der Waals surface area contributed by atoms with E-state index in [1.807, 2.05) is 6.20 Å². The van der Waals surface area contributed by atoms with Crippen molar-refractivity contribution in [3.05, 3.63) is 34.9 Å². The third-order valence-corrected chi connectivity index (χ3v) is 6.62. The van der Waals surface area contributed by atoms with Gasteiger partial charge < -0.3 is 15.5 Å². The molecule has 164 valence electrons. The smallest absolute Gasteiger partial charge is 0.366 e. The average molecular weight is 450 g/mol. The minimum absolute atomic E-state index is 0.238. The number of hydrogen-bond donors (Lipinski definition) is 2. The number of carbonyl (C=O) groups excluding carboxylic acids is 1. The van der Waals surface area contributed by atoms with Gasteiger partial charge in [-0.2, -0.15) is 18.3 Å². The molecule has 1 aliphatic heterocycles. The molecule has 1 saturated carbocycles. The van der Waals surface area contributed by atoms with Gasteiger partial charge in [0.15, 0.2) is 5.65 Å². The summed E-state index contributed by atoms with van der Waals surface area (Å²) in [5.41, 5.74) is 3.06. The minimum Gasteiger partial charge on any atom is -0.366 e. The molecule has 2 aliphatic rings. The van der Waals surface area contributed by atoms with Crippen molar-refractivity contribution >= 4 is 28.6 Å². The van der Waals surface area contributed by atoms with Gasteiger partial charge in [-0.1, -0.05) is 0 Å². The van der Waals surface area contributed by atoms with Crippen LogP contribution >= 0.6 is 11.3 Å². The molecule has 1 atom stereocenters. The fraction of sp³-hybridized carbons (Fsp3) is 0.450. The van der Waals surface area contributed by atoms with E-state index >= 15 is 0 Å². The summed E-state index contributed by atoms with van der Waals surface area (Å²) in [7, 11) is 0. The molecule has 1 aliphatic carbocycles. The van der Waals surface area contributed by atoms with Crippen molar-refractivity contribution in [2.45, 2.75) is 25.1 Å². The van der Waals surface area contributed by atoms with Crippen LogP contribution in [0.5, 0.6) is 0 Å². The standard InChI is InChI=1S/C20H21F3N6OS/c21-20(22,23)17(12-1-2-12)27-19(30)16-7-13(11-31-16)15-9-26-29-10-14(8-25-18(15)29)28-5-3-24-4-6-28/h7-12,17,24H,1-6H2,(H,27,30)/t17-/m0/s1. The monoisotopic (exact) mass is 450 g/mol. The zero-order valence-electron chi connectivity index (χ0n) is 16.5. The Morgan fingerprint density at radius 1 is 1.26 bits per heavy atom. The van der Waals surface area contributed by atoms with E-state index in [9.17, 15) is 18.0 Å². The summed E-state index contributed by atoms with van der Waals surface area (Å²) in [6.45, 7) is 3.62. The lowest BCUT2D eigenvalue weighted by Crippen LogP contribution is -2.46. The zero-order chi connectivity index (χ0) is 21.6. The number of halogens is 3. The Bertz CT molecular complexity index is 1100. The molecular formula is C20H21F3N6OS. The molecular weight excluding hydrogens is 429 g/mol. The summed E-state index contributed by atoms with van der Waals surface area (Å²) in [4.78, 5) is 19.5. The van der Waals surface area contributed by atoms with Crippen molar-refractivity contribution in [2.24, 2.45) is 5.92 Å². The second kappa shape index (κ2) is 7.79. The molecule has 0 spiro atoms. The molecule has 2 N–H and O–H groups in total. The van der Waals surface area contributed by atoms with E-state index in [1.165, 1.54) is 0 Å². The van der Waals surface area contributed by atoms with E-state index < -0.39 is 24.0 Å². The first-order valence-electron chi connectivity index (χ1n) is 10.2. The highest BCUT2D eigenvalue weighted by Crippen LogP contribution is 2.40. The van der Waals surface area contributed by atoms with E-state index in [0.29, 0.717) is 24.1 Å². The van der Waals surface area contributed by atoms with Crippen molar-refractivity contribution in [1.29, 1.82) is 0 Å². The van der Waals surface area contributed by atoms with Gasteiger partial charge in [-0.25, -0.2) is 9.50 Å². The number of amides is 1. The zero-order valence-corrected chi connectivity index (χ0v) is 17.3. The molecule has 7 nitrogen and oxygen atoms in total. The van der Waals surface area contributed by atoms with Gasteiger partial charge in [-0.3, -0.25) is 4.79 Å². The maximum atomic E-state index is 13.2. The van der Waals surface area contributed by atoms with Crippen molar-refractivity contribution in [1.82, 2.24) is 25.2 Å². The summed E-state index contributed by atoms with van der Waals surface area (Å²) in [5.74, 6) is -1.21. The average Bonchev–Trinajstić information content (AvgIpc) is 3.31. The highest BCUT2D eigenvalue weighted by atomic mass is 32.1. The van der Waals surface area contributed by atoms with E-state index in [2.05, 4.69) is 25.6 Å². The van der Waals surface area contributed by atoms with Crippen LogP contribution in [0.25, 0.3) is 16.8 Å². The second-order valence-electron chi connectivity index (χ2n) is 7.91. The van der Waals surface area contributed by atoms with Crippen molar-refractivity contribution in [2.75, 3.05) is 31.1 Å². The molecule has 31 heavy (non-hydrogen) atoms. The lowest BCUT2D eigenvalue weighted by Gasteiger charge is -2.28. The molecule has 4 heterocycles. The Morgan fingerprint density at radius 2 is 2.03 bits per heavy atom. The highest BCUT2D eigenvalue weighted by molar-refractivity contribution is 7.12. The number of alkyl halides is 3. The first kappa shape index (κ1) is 20.3. The number of rotatable bonds is 5. The van der Waals surface area contributed by atoms with Gasteiger partial charge in [0.25, 0.3) is 5.91 Å². The SMILES string of the molecule is O=C(N[C@@H](C1CC1)C(F)(F)F)c1cc(-c2cnn3cc(N4CCNCC4)cnc23)cs1. The summed E-state index contributed by atoms with van der Waals surface area (Å²) < 4.78 is 41.3. The van der Waals surface area contributed by atoms with Crippen LogP contribution in [-0.2, 0) is 0 Å². The summed E-state index contributed by atoms with van der Waals surface area (Å²) >= 11 is 1.12. The third-order valence-electron chi connectivity index (χ3n) is 5.69. The fourth-order valence-corrected chi connectivity index (χ4v) is 4.67. The number of carbonyl (C=O) groups is 1. The molecule has 0 aromatic carbocycles. The molecule has 2 fully saturated rings. The molecule has 0 radical (unpaired) electrons. The maximum absolute atomic E-state index is 13.2. The number of aromatic nitrogens is 3. The lowest BCUT2D eigenvalue weighted by atomic mass is 10.1. The topological polar surface area (TPSA) is 74.6 Å². The van der Waals surface area contributed by atoms with Crippen LogP contribution < -0.4 is 15.5 Å². The number of fused-ring (bicyclic) bond motifs is 1. The van der Waals surface area contributed by atoms with Gasteiger partial charge in [0.05, 0.1) is 29.2 Å². The van der Waals surface area contributed by atoms with Crippen LogP contribution in [0, 0.1) is 5.92 Å². The van der Waals surface area contributed by atoms with E-state index in [1.54, 1.807) is 28.4 Å². The van der Waals surface area contributed by atoms with Crippen molar-refractivity contribution in [3.63, 3.8) is 0 Å². The Balaban J connectivity index is 1.36. The van der Waals surface area contributed by atoms with Crippen LogP contribution in [0.1, 0.15) is 22.5 Å². The number of nitrogens with one attached hydrogen (secondary N) is 2. The Kier molecular flexibility index (Phi) is 5.09. The molecule has 1 amide bonds. The minimum atomic E-state index is -4.44. The van der Waals surface area contributed by atoms with Crippen molar-refractivity contribution < 1.29 is 18.0 Å². The number of anilines is 1. The van der Waals surface area contributed by atoms with Crippen LogP contribution in [0.2, 0.25) is 0 Å². The Labute approximate surface area is 180 Å². The molecule has 0 bridgehead atoms. The molecule has 5 rings (SSSR count). The highest BCUT2D eigenvalue weighted by Gasteiger charge is 2.49. The predicted molar refractivity (Wildman–Crippen MR) is 111 cm³/mol. The summed E-state index contributed by atoms with van der Waals surface area (Å²) in [5, 5.41) is 11.6. The fourth-order valence-electron chi connectivity index (χ4n) is 3.86. The summed E-state index contributed by atoms with van der Waals surface area (Å²) in [6.07, 6.45) is 1.92. The van der Waals surface area contributed by atoms with E-state index in [0.717, 1.165) is 48.8 Å².